The van der Waals surface area contributed by atoms with Crippen LogP contribution >= 0.6 is 34.9 Å². The first-order valence-electron chi connectivity index (χ1n) is 6.58. The molecule has 0 fully saturated rings. The van der Waals surface area contributed by atoms with Crippen molar-refractivity contribution < 1.29 is 0 Å². The van der Waals surface area contributed by atoms with Crippen LogP contribution in [-0.2, 0) is 10.8 Å². The SMILES string of the molecule is CC1CSc2c(C(C)(C)C)sc(C(C)(C)C)c2S1. The molecular formula is C15H24S3. The van der Waals surface area contributed by atoms with Crippen LogP contribution in [0, 0.1) is 0 Å². The van der Waals surface area contributed by atoms with Gasteiger partial charge < -0.3 is 0 Å². The summed E-state index contributed by atoms with van der Waals surface area (Å²) in [5.74, 6) is 1.25. The summed E-state index contributed by atoms with van der Waals surface area (Å²) in [6, 6.07) is 0. The molecule has 1 aliphatic heterocycles. The summed E-state index contributed by atoms with van der Waals surface area (Å²) in [5, 5.41) is 0.742. The van der Waals surface area contributed by atoms with E-state index >= 15 is 0 Å². The van der Waals surface area contributed by atoms with E-state index in [0.717, 1.165) is 5.25 Å². The molecule has 102 valence electrons. The fourth-order valence-electron chi connectivity index (χ4n) is 2.06. The summed E-state index contributed by atoms with van der Waals surface area (Å²) < 4.78 is 0. The first-order chi connectivity index (χ1) is 8.10. The summed E-state index contributed by atoms with van der Waals surface area (Å²) in [5.41, 5.74) is 0.537. The van der Waals surface area contributed by atoms with Gasteiger partial charge in [-0.15, -0.1) is 34.9 Å². The van der Waals surface area contributed by atoms with Gasteiger partial charge in [-0.3, -0.25) is 0 Å². The molecule has 18 heavy (non-hydrogen) atoms. The fourth-order valence-corrected chi connectivity index (χ4v) is 6.86. The molecule has 1 aromatic rings. The van der Waals surface area contributed by atoms with Gasteiger partial charge in [0.15, 0.2) is 0 Å². The van der Waals surface area contributed by atoms with Crippen LogP contribution in [0.15, 0.2) is 9.79 Å². The molecular weight excluding hydrogens is 276 g/mol. The summed E-state index contributed by atoms with van der Waals surface area (Å²) >= 11 is 6.22. The predicted molar refractivity (Wildman–Crippen MR) is 87.8 cm³/mol. The lowest BCUT2D eigenvalue weighted by atomic mass is 9.93. The molecule has 0 nitrogen and oxygen atoms in total. The minimum atomic E-state index is 0.267. The maximum absolute atomic E-state index is 2.35. The zero-order chi connectivity index (χ0) is 13.7. The molecule has 2 rings (SSSR count). The third-order valence-electron chi connectivity index (χ3n) is 2.97. The second-order valence-electron chi connectivity index (χ2n) is 7.16. The Labute approximate surface area is 124 Å². The fraction of sp³-hybridized carbons (Fsp3) is 0.733. The first kappa shape index (κ1) is 14.8. The minimum Gasteiger partial charge on any atom is -0.142 e. The molecule has 1 aliphatic rings. The molecule has 0 aliphatic carbocycles. The Morgan fingerprint density at radius 2 is 1.39 bits per heavy atom. The van der Waals surface area contributed by atoms with Gasteiger partial charge >= 0.3 is 0 Å². The van der Waals surface area contributed by atoms with E-state index in [1.54, 1.807) is 19.5 Å². The Morgan fingerprint density at radius 3 is 1.89 bits per heavy atom. The van der Waals surface area contributed by atoms with Crippen molar-refractivity contribution in [2.24, 2.45) is 0 Å². The quantitative estimate of drug-likeness (QED) is 0.582. The highest BCUT2D eigenvalue weighted by molar-refractivity contribution is 8.06. The maximum atomic E-state index is 2.35. The van der Waals surface area contributed by atoms with E-state index in [0.29, 0.717) is 0 Å². The molecule has 1 aromatic heterocycles. The highest BCUT2D eigenvalue weighted by atomic mass is 32.2. The molecule has 3 heteroatoms. The van der Waals surface area contributed by atoms with E-state index in [1.807, 2.05) is 11.3 Å². The second-order valence-corrected chi connectivity index (χ2v) is 10.7. The summed E-state index contributed by atoms with van der Waals surface area (Å²) in [7, 11) is 0. The van der Waals surface area contributed by atoms with Gasteiger partial charge in [-0.1, -0.05) is 48.5 Å². The molecule has 0 saturated carbocycles. The van der Waals surface area contributed by atoms with E-state index < -0.39 is 0 Å². The van der Waals surface area contributed by atoms with Gasteiger partial charge in [-0.2, -0.15) is 0 Å². The van der Waals surface area contributed by atoms with Crippen molar-refractivity contribution in [3.8, 4) is 0 Å². The Bertz CT molecular complexity index is 444. The van der Waals surface area contributed by atoms with Gasteiger partial charge in [0.05, 0.1) is 0 Å². The number of hydrogen-bond donors (Lipinski definition) is 0. The van der Waals surface area contributed by atoms with Crippen molar-refractivity contribution in [2.75, 3.05) is 5.75 Å². The van der Waals surface area contributed by atoms with E-state index in [9.17, 15) is 0 Å². The number of rotatable bonds is 0. The number of thiophene rings is 1. The third kappa shape index (κ3) is 2.78. The highest BCUT2D eigenvalue weighted by Gasteiger charge is 2.34. The molecule has 0 N–H and O–H groups in total. The van der Waals surface area contributed by atoms with Crippen LogP contribution in [0.3, 0.4) is 0 Å². The van der Waals surface area contributed by atoms with E-state index in [-0.39, 0.29) is 10.8 Å². The average molecular weight is 301 g/mol. The van der Waals surface area contributed by atoms with Gasteiger partial charge in [-0.05, 0) is 10.8 Å². The van der Waals surface area contributed by atoms with Crippen LogP contribution in [0.1, 0.15) is 58.2 Å². The Morgan fingerprint density at radius 1 is 0.889 bits per heavy atom. The van der Waals surface area contributed by atoms with E-state index in [4.69, 9.17) is 0 Å². The zero-order valence-electron chi connectivity index (χ0n) is 12.5. The van der Waals surface area contributed by atoms with Crippen LogP contribution in [0.2, 0.25) is 0 Å². The Kier molecular flexibility index (Phi) is 3.90. The van der Waals surface area contributed by atoms with Crippen molar-refractivity contribution >= 4 is 34.9 Å². The van der Waals surface area contributed by atoms with Gasteiger partial charge in [-0.25, -0.2) is 0 Å². The standard InChI is InChI=1S/C15H24S3/c1-9-8-16-10-11(17-9)13(15(5,6)7)18-12(10)14(2,3)4/h9H,8H2,1-7H3. The van der Waals surface area contributed by atoms with Crippen molar-refractivity contribution in [1.29, 1.82) is 0 Å². The summed E-state index contributed by atoms with van der Waals surface area (Å²) in [6.07, 6.45) is 0. The third-order valence-corrected chi connectivity index (χ3v) is 8.18. The van der Waals surface area contributed by atoms with Gasteiger partial charge in [0.1, 0.15) is 0 Å². The Balaban J connectivity index is 2.60. The monoisotopic (exact) mass is 300 g/mol. The lowest BCUT2D eigenvalue weighted by Crippen LogP contribution is -2.13. The van der Waals surface area contributed by atoms with Crippen molar-refractivity contribution in [3.63, 3.8) is 0 Å². The van der Waals surface area contributed by atoms with Crippen LogP contribution in [0.25, 0.3) is 0 Å². The number of thioether (sulfide) groups is 2. The van der Waals surface area contributed by atoms with Crippen molar-refractivity contribution in [3.05, 3.63) is 9.75 Å². The molecule has 1 atom stereocenters. The molecule has 0 radical (unpaired) electrons. The molecule has 2 heterocycles. The smallest absolute Gasteiger partial charge is 0.0359 e. The van der Waals surface area contributed by atoms with Gasteiger partial charge in [0, 0.05) is 30.5 Å². The lowest BCUT2D eigenvalue weighted by molar-refractivity contribution is 0.584. The average Bonchev–Trinajstić information content (AvgIpc) is 2.54. The highest BCUT2D eigenvalue weighted by Crippen LogP contribution is 2.54. The van der Waals surface area contributed by atoms with Crippen LogP contribution in [-0.4, -0.2) is 11.0 Å². The number of hydrogen-bond acceptors (Lipinski definition) is 3. The Hall–Kier alpha value is 0.400. The topological polar surface area (TPSA) is 0 Å². The van der Waals surface area contributed by atoms with E-state index in [1.165, 1.54) is 5.75 Å². The van der Waals surface area contributed by atoms with Crippen LogP contribution in [0.4, 0.5) is 0 Å². The number of fused-ring (bicyclic) bond motifs is 1. The van der Waals surface area contributed by atoms with Gasteiger partial charge in [0.2, 0.25) is 0 Å². The maximum Gasteiger partial charge on any atom is 0.0359 e. The van der Waals surface area contributed by atoms with Crippen molar-refractivity contribution in [2.45, 2.75) is 74.3 Å². The molecule has 0 spiro atoms. The minimum absolute atomic E-state index is 0.267. The predicted octanol–water partition coefficient (Wildman–Crippen LogP) is 5.93. The van der Waals surface area contributed by atoms with Crippen LogP contribution < -0.4 is 0 Å². The lowest BCUT2D eigenvalue weighted by Gasteiger charge is -2.25. The van der Waals surface area contributed by atoms with Crippen molar-refractivity contribution in [1.82, 2.24) is 0 Å². The van der Waals surface area contributed by atoms with Gasteiger partial charge in [0.25, 0.3) is 0 Å². The molecule has 0 bridgehead atoms. The zero-order valence-corrected chi connectivity index (χ0v) is 15.0. The second kappa shape index (κ2) is 4.75. The molecule has 1 unspecified atom stereocenters. The van der Waals surface area contributed by atoms with Crippen LogP contribution in [0.5, 0.6) is 0 Å². The molecule has 0 aromatic carbocycles. The summed E-state index contributed by atoms with van der Waals surface area (Å²) in [4.78, 5) is 6.35. The molecule has 0 saturated heterocycles. The van der Waals surface area contributed by atoms with E-state index in [2.05, 4.69) is 72.0 Å². The largest absolute Gasteiger partial charge is 0.142 e. The summed E-state index contributed by atoms with van der Waals surface area (Å²) in [6.45, 7) is 16.4. The normalized spacial score (nSPS) is 20.9. The molecule has 0 amide bonds. The first-order valence-corrected chi connectivity index (χ1v) is 9.26.